The van der Waals surface area contributed by atoms with E-state index in [0.29, 0.717) is 17.9 Å². The molecule has 2 aliphatic rings. The first-order valence-electron chi connectivity index (χ1n) is 13.4. The quantitative estimate of drug-likeness (QED) is 0.100. The molecule has 190 valence electrons. The fourth-order valence-corrected chi connectivity index (χ4v) is 5.15. The zero-order valence-electron chi connectivity index (χ0n) is 20.7. The lowest BCUT2D eigenvalue weighted by Gasteiger charge is -2.31. The van der Waals surface area contributed by atoms with Crippen LogP contribution < -0.4 is 16.0 Å². The number of rotatable bonds is 12. The Kier molecular flexibility index (Phi) is 12.5. The van der Waals surface area contributed by atoms with Crippen molar-refractivity contribution < 1.29 is 4.84 Å². The van der Waals surface area contributed by atoms with Crippen LogP contribution in [0.2, 0.25) is 0 Å². The van der Waals surface area contributed by atoms with Gasteiger partial charge in [0.05, 0.1) is 6.61 Å². The van der Waals surface area contributed by atoms with Gasteiger partial charge in [0.15, 0.2) is 11.1 Å². The Morgan fingerprint density at radius 1 is 0.971 bits per heavy atom. The third kappa shape index (κ3) is 10.6. The van der Waals surface area contributed by atoms with E-state index in [2.05, 4.69) is 20.9 Å². The summed E-state index contributed by atoms with van der Waals surface area (Å²) in [5.41, 5.74) is 0.874. The van der Waals surface area contributed by atoms with E-state index in [1.165, 1.54) is 64.2 Å². The monoisotopic (exact) mass is 488 g/mol. The molecule has 2 saturated carbocycles. The predicted molar refractivity (Wildman–Crippen MR) is 144 cm³/mol. The van der Waals surface area contributed by atoms with Gasteiger partial charge in [-0.1, -0.05) is 51.4 Å². The summed E-state index contributed by atoms with van der Waals surface area (Å²) in [6.07, 6.45) is 20.8. The van der Waals surface area contributed by atoms with E-state index in [-0.39, 0.29) is 0 Å². The first kappa shape index (κ1) is 26.7. The van der Waals surface area contributed by atoms with E-state index >= 15 is 0 Å². The maximum Gasteiger partial charge on any atom is 0.193 e. The van der Waals surface area contributed by atoms with Gasteiger partial charge in [0.2, 0.25) is 0 Å². The molecule has 7 nitrogen and oxygen atoms in total. The van der Waals surface area contributed by atoms with E-state index < -0.39 is 0 Å². The van der Waals surface area contributed by atoms with E-state index in [1.807, 2.05) is 17.2 Å². The van der Waals surface area contributed by atoms with Crippen molar-refractivity contribution in [3.05, 3.63) is 24.5 Å². The molecule has 0 aliphatic heterocycles. The van der Waals surface area contributed by atoms with Crippen LogP contribution in [0.15, 0.2) is 24.5 Å². The fraction of sp³-hybridized carbons (Fsp3) is 0.731. The van der Waals surface area contributed by atoms with Gasteiger partial charge in [-0.2, -0.15) is 0 Å². The van der Waals surface area contributed by atoms with Gasteiger partial charge in [0, 0.05) is 37.2 Å². The van der Waals surface area contributed by atoms with Crippen molar-refractivity contribution >= 4 is 29.0 Å². The number of hydrogen-bond donors (Lipinski definition) is 4. The number of thiocarbonyl (C=S) groups is 1. The van der Waals surface area contributed by atoms with Crippen LogP contribution in [0.5, 0.6) is 0 Å². The molecule has 1 heterocycles. The second-order valence-electron chi connectivity index (χ2n) is 9.76. The van der Waals surface area contributed by atoms with Crippen molar-refractivity contribution in [3.63, 3.8) is 0 Å². The SMILES string of the molecule is N=C(NCCCCCCN(OCC1CCCCC1)C(=S)NC1CCCCC1)Nc1ccncc1. The van der Waals surface area contributed by atoms with Gasteiger partial charge < -0.3 is 16.0 Å². The fourth-order valence-electron chi connectivity index (χ4n) is 4.84. The van der Waals surface area contributed by atoms with Gasteiger partial charge >= 0.3 is 0 Å². The molecule has 4 N–H and O–H groups in total. The average molecular weight is 489 g/mol. The van der Waals surface area contributed by atoms with Crippen molar-refractivity contribution in [1.82, 2.24) is 20.7 Å². The van der Waals surface area contributed by atoms with Crippen molar-refractivity contribution in [2.45, 2.75) is 95.9 Å². The topological polar surface area (TPSA) is 85.3 Å². The molecule has 2 aliphatic carbocycles. The van der Waals surface area contributed by atoms with Gasteiger partial charge in [-0.25, -0.2) is 5.06 Å². The lowest BCUT2D eigenvalue weighted by Crippen LogP contribution is -2.46. The van der Waals surface area contributed by atoms with E-state index in [1.54, 1.807) is 12.4 Å². The van der Waals surface area contributed by atoms with Gasteiger partial charge in [-0.15, -0.1) is 0 Å². The van der Waals surface area contributed by atoms with Crippen molar-refractivity contribution in [3.8, 4) is 0 Å². The number of hydroxylamine groups is 2. The summed E-state index contributed by atoms with van der Waals surface area (Å²) in [7, 11) is 0. The summed E-state index contributed by atoms with van der Waals surface area (Å²) in [4.78, 5) is 10.3. The second kappa shape index (κ2) is 15.9. The summed E-state index contributed by atoms with van der Waals surface area (Å²) in [5.74, 6) is 1.00. The molecular formula is C26H44N6OS. The Hall–Kier alpha value is -1.93. The minimum atomic E-state index is 0.327. The number of nitrogens with zero attached hydrogens (tertiary/aromatic N) is 2. The van der Waals surface area contributed by atoms with E-state index in [4.69, 9.17) is 22.5 Å². The number of anilines is 1. The summed E-state index contributed by atoms with van der Waals surface area (Å²) in [6, 6.07) is 4.21. The maximum absolute atomic E-state index is 8.00. The number of nitrogens with one attached hydrogen (secondary N) is 4. The molecule has 2 fully saturated rings. The van der Waals surface area contributed by atoms with Crippen LogP contribution in [0.1, 0.15) is 89.9 Å². The molecule has 34 heavy (non-hydrogen) atoms. The zero-order valence-corrected chi connectivity index (χ0v) is 21.5. The minimum absolute atomic E-state index is 0.327. The van der Waals surface area contributed by atoms with Crippen molar-refractivity contribution in [2.75, 3.05) is 25.0 Å². The Morgan fingerprint density at radius 3 is 2.38 bits per heavy atom. The number of unbranched alkanes of at least 4 members (excludes halogenated alkanes) is 3. The number of aromatic nitrogens is 1. The van der Waals surface area contributed by atoms with Crippen LogP contribution in [-0.4, -0.2) is 46.9 Å². The summed E-state index contributed by atoms with van der Waals surface area (Å²) in [6.45, 7) is 2.43. The highest BCUT2D eigenvalue weighted by atomic mass is 32.1. The lowest BCUT2D eigenvalue weighted by atomic mass is 9.90. The van der Waals surface area contributed by atoms with Crippen LogP contribution in [-0.2, 0) is 4.84 Å². The van der Waals surface area contributed by atoms with Crippen LogP contribution in [0.3, 0.4) is 0 Å². The number of guanidine groups is 1. The summed E-state index contributed by atoms with van der Waals surface area (Å²) < 4.78 is 0. The van der Waals surface area contributed by atoms with Gasteiger partial charge in [-0.3, -0.25) is 15.2 Å². The summed E-state index contributed by atoms with van der Waals surface area (Å²) in [5, 5.41) is 20.5. The number of pyridine rings is 1. The van der Waals surface area contributed by atoms with Crippen LogP contribution in [0.25, 0.3) is 0 Å². The van der Waals surface area contributed by atoms with E-state index in [9.17, 15) is 0 Å². The number of hydrogen-bond acceptors (Lipinski definition) is 4. The molecule has 8 heteroatoms. The molecular weight excluding hydrogens is 444 g/mol. The molecule has 0 saturated heterocycles. The molecule has 1 aromatic heterocycles. The molecule has 0 spiro atoms. The molecule has 0 radical (unpaired) electrons. The van der Waals surface area contributed by atoms with Crippen LogP contribution in [0, 0.1) is 11.3 Å². The standard InChI is InChI=1S/C26H44N6OS/c27-25(30-24-15-18-28-19-16-24)29-17-9-1-2-10-20-32(33-21-22-11-5-3-6-12-22)26(34)31-23-13-7-4-8-14-23/h15-16,18-19,22-23H,1-14,17,20-21H2,(H,31,34)(H3,27,28,29,30). The normalized spacial score (nSPS) is 17.2. The highest BCUT2D eigenvalue weighted by Gasteiger charge is 2.20. The predicted octanol–water partition coefficient (Wildman–Crippen LogP) is 5.60. The first-order valence-corrected chi connectivity index (χ1v) is 13.8. The van der Waals surface area contributed by atoms with Gasteiger partial charge in [0.1, 0.15) is 0 Å². The highest BCUT2D eigenvalue weighted by Crippen LogP contribution is 2.24. The first-order chi connectivity index (χ1) is 16.7. The Bertz CT molecular complexity index is 707. The van der Waals surface area contributed by atoms with Gasteiger partial charge in [0.25, 0.3) is 0 Å². The molecule has 0 amide bonds. The average Bonchev–Trinajstić information content (AvgIpc) is 2.87. The third-order valence-corrected chi connectivity index (χ3v) is 7.21. The van der Waals surface area contributed by atoms with Crippen molar-refractivity contribution in [2.24, 2.45) is 5.92 Å². The second-order valence-corrected chi connectivity index (χ2v) is 10.1. The molecule has 0 unspecified atom stereocenters. The third-order valence-electron chi connectivity index (χ3n) is 6.89. The largest absolute Gasteiger partial charge is 0.358 e. The summed E-state index contributed by atoms with van der Waals surface area (Å²) >= 11 is 5.77. The smallest absolute Gasteiger partial charge is 0.193 e. The van der Waals surface area contributed by atoms with Crippen LogP contribution >= 0.6 is 12.2 Å². The minimum Gasteiger partial charge on any atom is -0.358 e. The lowest BCUT2D eigenvalue weighted by molar-refractivity contribution is -0.118. The van der Waals surface area contributed by atoms with Crippen molar-refractivity contribution in [1.29, 1.82) is 5.41 Å². The molecule has 3 rings (SSSR count). The zero-order chi connectivity index (χ0) is 23.8. The maximum atomic E-state index is 8.00. The van der Waals surface area contributed by atoms with Crippen LogP contribution in [0.4, 0.5) is 5.69 Å². The Labute approximate surface area is 211 Å². The van der Waals surface area contributed by atoms with Gasteiger partial charge in [-0.05, 0) is 68.8 Å². The molecule has 0 atom stereocenters. The highest BCUT2D eigenvalue weighted by molar-refractivity contribution is 7.80. The molecule has 1 aromatic rings. The molecule has 0 aromatic carbocycles. The Morgan fingerprint density at radius 2 is 1.65 bits per heavy atom. The van der Waals surface area contributed by atoms with E-state index in [0.717, 1.165) is 56.2 Å². The Balaban J connectivity index is 1.31. The molecule has 0 bridgehead atoms.